The average molecular weight is 530 g/mol. The van der Waals surface area contributed by atoms with E-state index in [4.69, 9.17) is 4.74 Å². The van der Waals surface area contributed by atoms with Crippen LogP contribution in [0.4, 0.5) is 8.78 Å². The van der Waals surface area contributed by atoms with Gasteiger partial charge in [0.05, 0.1) is 19.3 Å². The van der Waals surface area contributed by atoms with Gasteiger partial charge in [-0.15, -0.1) is 24.0 Å². The number of hydrogen-bond donors (Lipinski definition) is 1. The Bertz CT molecular complexity index is 813. The molecule has 3 rings (SSSR count). The number of nitrogens with zero attached hydrogens (tertiary/aromatic N) is 3. The van der Waals surface area contributed by atoms with Crippen LogP contribution < -0.4 is 5.32 Å². The van der Waals surface area contributed by atoms with Crippen LogP contribution in [0.15, 0.2) is 53.5 Å². The predicted molar refractivity (Wildman–Crippen MR) is 126 cm³/mol. The smallest absolute Gasteiger partial charge is 0.193 e. The lowest BCUT2D eigenvalue weighted by Crippen LogP contribution is -2.46. The second kappa shape index (κ2) is 12.2. The average Bonchev–Trinajstić information content (AvgIpc) is 2.73. The molecule has 8 heteroatoms. The van der Waals surface area contributed by atoms with Crippen LogP contribution in [0.25, 0.3) is 0 Å². The Labute approximate surface area is 194 Å². The summed E-state index contributed by atoms with van der Waals surface area (Å²) in [5.41, 5.74) is 1.92. The lowest BCUT2D eigenvalue weighted by molar-refractivity contribution is 0.0169. The van der Waals surface area contributed by atoms with Crippen molar-refractivity contribution in [1.82, 2.24) is 15.1 Å². The second-order valence-corrected chi connectivity index (χ2v) is 7.13. The lowest BCUT2D eigenvalue weighted by Gasteiger charge is -2.35. The summed E-state index contributed by atoms with van der Waals surface area (Å²) in [6, 6.07) is 13.3. The fraction of sp³-hybridized carbons (Fsp3) is 0.409. The van der Waals surface area contributed by atoms with Crippen molar-refractivity contribution >= 4 is 29.9 Å². The molecule has 0 amide bonds. The number of guanidine groups is 1. The SMILES string of the molecule is CN=C(NCC(c1ccc(F)cc1)N1CCOCC1)N(C)Cc1cccc(F)c1.I. The van der Waals surface area contributed by atoms with Crippen molar-refractivity contribution in [3.8, 4) is 0 Å². The number of rotatable bonds is 6. The summed E-state index contributed by atoms with van der Waals surface area (Å²) in [6.07, 6.45) is 0. The van der Waals surface area contributed by atoms with Crippen molar-refractivity contribution in [1.29, 1.82) is 0 Å². The predicted octanol–water partition coefficient (Wildman–Crippen LogP) is 3.66. The molecule has 1 aliphatic rings. The standard InChI is InChI=1S/C22H28F2N4O.HI/c1-25-22(27(2)16-17-4-3-5-20(24)14-17)26-15-21(28-10-12-29-13-11-28)18-6-8-19(23)9-7-18;/h3-9,14,21H,10-13,15-16H2,1-2H3,(H,25,26);1H. The number of morpholine rings is 1. The third kappa shape index (κ3) is 6.88. The van der Waals surface area contributed by atoms with Gasteiger partial charge in [-0.05, 0) is 35.4 Å². The van der Waals surface area contributed by atoms with Gasteiger partial charge in [0.1, 0.15) is 11.6 Å². The Morgan fingerprint density at radius 3 is 2.47 bits per heavy atom. The minimum atomic E-state index is -0.248. The monoisotopic (exact) mass is 530 g/mol. The van der Waals surface area contributed by atoms with Crippen LogP contribution in [0.5, 0.6) is 0 Å². The highest BCUT2D eigenvalue weighted by Gasteiger charge is 2.23. The van der Waals surface area contributed by atoms with E-state index in [1.54, 1.807) is 13.1 Å². The second-order valence-electron chi connectivity index (χ2n) is 7.13. The van der Waals surface area contributed by atoms with Crippen molar-refractivity contribution in [2.75, 3.05) is 46.9 Å². The van der Waals surface area contributed by atoms with Gasteiger partial charge in [0.15, 0.2) is 5.96 Å². The summed E-state index contributed by atoms with van der Waals surface area (Å²) in [5, 5.41) is 3.42. The van der Waals surface area contributed by atoms with Gasteiger partial charge >= 0.3 is 0 Å². The van der Waals surface area contributed by atoms with E-state index in [9.17, 15) is 8.78 Å². The quantitative estimate of drug-likeness (QED) is 0.352. The van der Waals surface area contributed by atoms with E-state index < -0.39 is 0 Å². The molecule has 30 heavy (non-hydrogen) atoms. The molecule has 0 radical (unpaired) electrons. The van der Waals surface area contributed by atoms with Crippen molar-refractivity contribution in [2.45, 2.75) is 12.6 Å². The fourth-order valence-electron chi connectivity index (χ4n) is 3.59. The Balaban J connectivity index is 0.00000320. The minimum Gasteiger partial charge on any atom is -0.379 e. The molecule has 1 N–H and O–H groups in total. The van der Waals surface area contributed by atoms with Gasteiger partial charge in [-0.25, -0.2) is 8.78 Å². The third-order valence-electron chi connectivity index (χ3n) is 5.08. The highest BCUT2D eigenvalue weighted by molar-refractivity contribution is 14.0. The van der Waals surface area contributed by atoms with Crippen LogP contribution in [0.3, 0.4) is 0 Å². The number of halogens is 3. The van der Waals surface area contributed by atoms with Gasteiger partial charge in [0.25, 0.3) is 0 Å². The van der Waals surface area contributed by atoms with E-state index >= 15 is 0 Å². The summed E-state index contributed by atoms with van der Waals surface area (Å²) >= 11 is 0. The molecule has 0 aliphatic carbocycles. The van der Waals surface area contributed by atoms with E-state index in [1.165, 1.54) is 24.3 Å². The molecule has 2 aromatic carbocycles. The van der Waals surface area contributed by atoms with Gasteiger partial charge in [-0.2, -0.15) is 0 Å². The molecule has 0 spiro atoms. The molecule has 1 aliphatic heterocycles. The van der Waals surface area contributed by atoms with Gasteiger partial charge in [-0.1, -0.05) is 24.3 Å². The first kappa shape index (κ1) is 24.5. The first-order valence-corrected chi connectivity index (χ1v) is 9.80. The molecule has 1 saturated heterocycles. The molecule has 2 aromatic rings. The Morgan fingerprint density at radius 1 is 1.13 bits per heavy atom. The van der Waals surface area contributed by atoms with Crippen LogP contribution in [0, 0.1) is 11.6 Å². The first-order valence-electron chi connectivity index (χ1n) is 9.80. The maximum atomic E-state index is 13.5. The van der Waals surface area contributed by atoms with Crippen molar-refractivity contribution in [3.05, 3.63) is 71.3 Å². The highest BCUT2D eigenvalue weighted by atomic mass is 127. The summed E-state index contributed by atoms with van der Waals surface area (Å²) in [7, 11) is 3.65. The molecule has 0 aromatic heterocycles. The normalized spacial score (nSPS) is 15.9. The van der Waals surface area contributed by atoms with Crippen LogP contribution in [0.2, 0.25) is 0 Å². The number of nitrogens with one attached hydrogen (secondary N) is 1. The van der Waals surface area contributed by atoms with Crippen LogP contribution in [-0.4, -0.2) is 62.7 Å². The molecule has 0 saturated carbocycles. The summed E-state index contributed by atoms with van der Waals surface area (Å²) in [6.45, 7) is 4.17. The van der Waals surface area contributed by atoms with E-state index in [0.717, 1.165) is 30.2 Å². The van der Waals surface area contributed by atoms with Crippen molar-refractivity contribution < 1.29 is 13.5 Å². The molecule has 5 nitrogen and oxygen atoms in total. The summed E-state index contributed by atoms with van der Waals surface area (Å²) < 4.78 is 32.4. The van der Waals surface area contributed by atoms with Crippen LogP contribution >= 0.6 is 24.0 Å². The topological polar surface area (TPSA) is 40.1 Å². The molecular weight excluding hydrogens is 501 g/mol. The van der Waals surface area contributed by atoms with E-state index in [1.807, 2.05) is 30.1 Å². The lowest BCUT2D eigenvalue weighted by atomic mass is 10.0. The summed E-state index contributed by atoms with van der Waals surface area (Å²) in [5.74, 6) is 0.227. The zero-order valence-electron chi connectivity index (χ0n) is 17.4. The Hall–Kier alpha value is -1.78. The molecule has 1 heterocycles. The summed E-state index contributed by atoms with van der Waals surface area (Å²) in [4.78, 5) is 8.66. The van der Waals surface area contributed by atoms with Gasteiger partial charge in [0.2, 0.25) is 0 Å². The zero-order valence-corrected chi connectivity index (χ0v) is 19.7. The van der Waals surface area contributed by atoms with Crippen LogP contribution in [-0.2, 0) is 11.3 Å². The van der Waals surface area contributed by atoms with E-state index in [2.05, 4.69) is 15.2 Å². The largest absolute Gasteiger partial charge is 0.379 e. The highest BCUT2D eigenvalue weighted by Crippen LogP contribution is 2.22. The van der Waals surface area contributed by atoms with Gasteiger partial charge in [0, 0.05) is 40.3 Å². The molecule has 0 bridgehead atoms. The Morgan fingerprint density at radius 2 is 1.83 bits per heavy atom. The Kier molecular flexibility index (Phi) is 9.93. The molecule has 164 valence electrons. The molecule has 1 atom stereocenters. The first-order chi connectivity index (χ1) is 14.1. The number of benzene rings is 2. The van der Waals surface area contributed by atoms with E-state index in [0.29, 0.717) is 26.3 Å². The third-order valence-corrected chi connectivity index (χ3v) is 5.08. The molecule has 1 fully saturated rings. The van der Waals surface area contributed by atoms with Crippen LogP contribution in [0.1, 0.15) is 17.2 Å². The maximum Gasteiger partial charge on any atom is 0.193 e. The number of ether oxygens (including phenoxy) is 1. The van der Waals surface area contributed by atoms with Crippen molar-refractivity contribution in [3.63, 3.8) is 0 Å². The number of hydrogen-bond acceptors (Lipinski definition) is 3. The molecular formula is C22H29F2IN4O. The molecule has 1 unspecified atom stereocenters. The fourth-order valence-corrected chi connectivity index (χ4v) is 3.59. The maximum absolute atomic E-state index is 13.5. The minimum absolute atomic E-state index is 0. The zero-order chi connectivity index (χ0) is 20.6. The van der Waals surface area contributed by atoms with Gasteiger partial charge in [-0.3, -0.25) is 9.89 Å². The number of aliphatic imine (C=N–C) groups is 1. The van der Waals surface area contributed by atoms with Crippen molar-refractivity contribution in [2.24, 2.45) is 4.99 Å². The van der Waals surface area contributed by atoms with Gasteiger partial charge < -0.3 is 15.0 Å². The van der Waals surface area contributed by atoms with E-state index in [-0.39, 0.29) is 41.7 Å².